The van der Waals surface area contributed by atoms with Gasteiger partial charge in [0.15, 0.2) is 18.8 Å². The maximum atomic E-state index is 13.3. The number of benzene rings is 2. The molecular weight excluding hydrogens is 562 g/mol. The lowest BCUT2D eigenvalue weighted by atomic mass is 10.1. The molecule has 1 unspecified atom stereocenters. The minimum Gasteiger partial charge on any atom is -0.479 e. The highest BCUT2D eigenvalue weighted by Gasteiger charge is 2.27. The van der Waals surface area contributed by atoms with Crippen molar-refractivity contribution in [1.82, 2.24) is 13.9 Å². The molecule has 11 nitrogen and oxygen atoms in total. The predicted octanol–water partition coefficient (Wildman–Crippen LogP) is 4.25. The van der Waals surface area contributed by atoms with E-state index >= 15 is 0 Å². The van der Waals surface area contributed by atoms with E-state index in [0.717, 1.165) is 47.9 Å². The highest BCUT2D eigenvalue weighted by Crippen LogP contribution is 2.38. The molecule has 3 atom stereocenters. The Morgan fingerprint density at radius 1 is 1.12 bits per heavy atom. The third kappa shape index (κ3) is 6.01. The monoisotopic (exact) mass is 597 g/mol. The van der Waals surface area contributed by atoms with Gasteiger partial charge in [-0.05, 0) is 55.9 Å². The summed E-state index contributed by atoms with van der Waals surface area (Å²) in [6, 6.07) is 9.36. The van der Waals surface area contributed by atoms with Gasteiger partial charge in [0.1, 0.15) is 11.2 Å². The van der Waals surface area contributed by atoms with Gasteiger partial charge in [-0.15, -0.1) is 0 Å². The number of fused-ring (bicyclic) bond motifs is 2. The lowest BCUT2D eigenvalue weighted by Crippen LogP contribution is -2.23. The van der Waals surface area contributed by atoms with Crippen LogP contribution >= 0.6 is 11.5 Å². The van der Waals surface area contributed by atoms with E-state index in [9.17, 15) is 9.90 Å². The molecule has 2 fully saturated rings. The van der Waals surface area contributed by atoms with Crippen LogP contribution in [-0.2, 0) is 32.1 Å². The SMILES string of the molecule is COCOc1cc(COC2CCCCO2)cc2nc(OC)c(-c3cccc4c(=O)n(C[C@@H]5CC[C@H](CO)O5)sc34)nc12. The summed E-state index contributed by atoms with van der Waals surface area (Å²) < 4.78 is 37.0. The van der Waals surface area contributed by atoms with Crippen molar-refractivity contribution in [1.29, 1.82) is 0 Å². The van der Waals surface area contributed by atoms with E-state index in [0.29, 0.717) is 53.5 Å². The van der Waals surface area contributed by atoms with Gasteiger partial charge >= 0.3 is 0 Å². The lowest BCUT2D eigenvalue weighted by molar-refractivity contribution is -0.168. The molecule has 4 heterocycles. The number of aliphatic hydroxyl groups excluding tert-OH is 1. The van der Waals surface area contributed by atoms with E-state index in [1.165, 1.54) is 11.5 Å². The molecule has 6 rings (SSSR count). The number of aliphatic hydroxyl groups is 1. The average molecular weight is 598 g/mol. The van der Waals surface area contributed by atoms with Crippen LogP contribution in [0.1, 0.15) is 37.7 Å². The summed E-state index contributed by atoms with van der Waals surface area (Å²) in [7, 11) is 3.11. The quantitative estimate of drug-likeness (QED) is 0.251. The Hall–Kier alpha value is -3.13. The highest BCUT2D eigenvalue weighted by atomic mass is 32.1. The van der Waals surface area contributed by atoms with Crippen LogP contribution in [0, 0.1) is 0 Å². The van der Waals surface area contributed by atoms with Crippen LogP contribution in [0.4, 0.5) is 0 Å². The topological polar surface area (TPSA) is 123 Å². The van der Waals surface area contributed by atoms with Gasteiger partial charge in [-0.25, -0.2) is 9.97 Å². The van der Waals surface area contributed by atoms with Crippen molar-refractivity contribution < 1.29 is 33.5 Å². The molecule has 0 amide bonds. The summed E-state index contributed by atoms with van der Waals surface area (Å²) in [5.41, 5.74) is 3.14. The van der Waals surface area contributed by atoms with Crippen molar-refractivity contribution in [2.75, 3.05) is 34.2 Å². The van der Waals surface area contributed by atoms with Gasteiger partial charge in [0.05, 0.1) is 54.7 Å². The summed E-state index contributed by atoms with van der Waals surface area (Å²) >= 11 is 1.36. The molecule has 2 aliphatic rings. The number of aromatic nitrogens is 3. The zero-order chi connectivity index (χ0) is 29.1. The van der Waals surface area contributed by atoms with Gasteiger partial charge in [0.2, 0.25) is 5.88 Å². The number of methoxy groups -OCH3 is 2. The molecule has 2 saturated heterocycles. The number of rotatable bonds is 11. The summed E-state index contributed by atoms with van der Waals surface area (Å²) in [6.45, 7) is 1.50. The molecule has 0 radical (unpaired) electrons. The third-order valence-corrected chi connectivity index (χ3v) is 8.72. The van der Waals surface area contributed by atoms with Crippen LogP contribution in [0.5, 0.6) is 11.6 Å². The first-order valence-corrected chi connectivity index (χ1v) is 15.0. The number of nitrogens with zero attached hydrogens (tertiary/aromatic N) is 3. The van der Waals surface area contributed by atoms with Crippen molar-refractivity contribution in [3.05, 3.63) is 46.2 Å². The minimum atomic E-state index is -0.225. The highest BCUT2D eigenvalue weighted by molar-refractivity contribution is 7.14. The van der Waals surface area contributed by atoms with Crippen molar-refractivity contribution in [3.8, 4) is 22.9 Å². The molecule has 0 spiro atoms. The summed E-state index contributed by atoms with van der Waals surface area (Å²) in [4.78, 5) is 23.1. The second kappa shape index (κ2) is 13.0. The fraction of sp³-hybridized carbons (Fsp3) is 0.500. The fourth-order valence-electron chi connectivity index (χ4n) is 5.46. The van der Waals surface area contributed by atoms with E-state index in [-0.39, 0.29) is 37.5 Å². The predicted molar refractivity (Wildman–Crippen MR) is 157 cm³/mol. The molecule has 2 aliphatic heterocycles. The molecule has 0 aliphatic carbocycles. The van der Waals surface area contributed by atoms with Crippen LogP contribution in [0.25, 0.3) is 32.4 Å². The largest absolute Gasteiger partial charge is 0.479 e. The second-order valence-electron chi connectivity index (χ2n) is 10.5. The normalized spacial score (nSPS) is 20.9. The van der Waals surface area contributed by atoms with Crippen molar-refractivity contribution in [2.24, 2.45) is 0 Å². The molecule has 12 heteroatoms. The van der Waals surface area contributed by atoms with E-state index in [4.69, 9.17) is 38.4 Å². The van der Waals surface area contributed by atoms with Crippen LogP contribution in [0.15, 0.2) is 35.1 Å². The van der Waals surface area contributed by atoms with Gasteiger partial charge in [-0.3, -0.25) is 8.75 Å². The zero-order valence-corrected chi connectivity index (χ0v) is 24.6. The number of ether oxygens (including phenoxy) is 6. The Labute approximate surface area is 247 Å². The van der Waals surface area contributed by atoms with Gasteiger partial charge in [0.25, 0.3) is 5.56 Å². The Morgan fingerprint density at radius 3 is 2.76 bits per heavy atom. The Bertz CT molecular complexity index is 1600. The van der Waals surface area contributed by atoms with Crippen LogP contribution in [0.3, 0.4) is 0 Å². The maximum absolute atomic E-state index is 13.3. The van der Waals surface area contributed by atoms with Crippen LogP contribution < -0.4 is 15.0 Å². The van der Waals surface area contributed by atoms with Crippen LogP contribution in [0.2, 0.25) is 0 Å². The number of hydrogen-bond donors (Lipinski definition) is 1. The Morgan fingerprint density at radius 2 is 2.00 bits per heavy atom. The third-order valence-electron chi connectivity index (χ3n) is 7.56. The first-order valence-electron chi connectivity index (χ1n) is 14.2. The maximum Gasteiger partial charge on any atom is 0.268 e. The lowest BCUT2D eigenvalue weighted by Gasteiger charge is -2.23. The van der Waals surface area contributed by atoms with Crippen molar-refractivity contribution in [3.63, 3.8) is 0 Å². The Kier molecular flexibility index (Phi) is 8.98. The van der Waals surface area contributed by atoms with Gasteiger partial charge in [0, 0.05) is 19.3 Å². The number of hydrogen-bond acceptors (Lipinski definition) is 11. The van der Waals surface area contributed by atoms with Gasteiger partial charge in [-0.2, -0.15) is 0 Å². The summed E-state index contributed by atoms with van der Waals surface area (Å²) in [6.07, 6.45) is 4.08. The van der Waals surface area contributed by atoms with E-state index in [2.05, 4.69) is 0 Å². The standard InChI is InChI=1S/C30H35N3O8S/c1-36-17-40-24-13-18(16-39-25-8-3-4-11-38-25)12-23-27(24)32-26(29(31-23)37-2)21-6-5-7-22-28(21)42-33(30(22)35)14-19-9-10-20(15-34)41-19/h5-7,12-13,19-20,25,34H,3-4,8-11,14-17H2,1-2H3/t19-,20+,25?/m0/s1. The van der Waals surface area contributed by atoms with E-state index < -0.39 is 0 Å². The molecule has 0 bridgehead atoms. The molecular formula is C30H35N3O8S. The van der Waals surface area contributed by atoms with Crippen molar-refractivity contribution in [2.45, 2.75) is 63.8 Å². The van der Waals surface area contributed by atoms with E-state index in [1.54, 1.807) is 18.2 Å². The average Bonchev–Trinajstić information content (AvgIpc) is 3.62. The minimum absolute atomic E-state index is 0.0120. The van der Waals surface area contributed by atoms with Gasteiger partial charge < -0.3 is 33.5 Å². The van der Waals surface area contributed by atoms with E-state index in [1.807, 2.05) is 30.3 Å². The summed E-state index contributed by atoms with van der Waals surface area (Å²) in [5, 5.41) is 10.0. The molecule has 1 N–H and O–H groups in total. The fourth-order valence-corrected chi connectivity index (χ4v) is 6.62. The zero-order valence-electron chi connectivity index (χ0n) is 23.7. The Balaban J connectivity index is 1.38. The van der Waals surface area contributed by atoms with Crippen LogP contribution in [-0.4, -0.2) is 71.8 Å². The molecule has 0 saturated carbocycles. The first kappa shape index (κ1) is 29.0. The molecule has 42 heavy (non-hydrogen) atoms. The molecule has 2 aromatic carbocycles. The summed E-state index contributed by atoms with van der Waals surface area (Å²) in [5.74, 6) is 0.836. The smallest absolute Gasteiger partial charge is 0.268 e. The molecule has 2 aromatic heterocycles. The molecule has 4 aromatic rings. The van der Waals surface area contributed by atoms with Crippen molar-refractivity contribution >= 4 is 32.7 Å². The second-order valence-corrected chi connectivity index (χ2v) is 11.5. The first-order chi connectivity index (χ1) is 20.6. The van der Waals surface area contributed by atoms with Gasteiger partial charge in [-0.1, -0.05) is 23.7 Å². The molecule has 224 valence electrons.